The topological polar surface area (TPSA) is 0 Å². The first-order chi connectivity index (χ1) is 6.51. The standard InChI is InChI=1S/C12H13ClS/c1-12(2,13)9-8-10-4-6-11(14-3)7-5-10/h4-7H,1-3H3. The lowest BCUT2D eigenvalue weighted by Gasteiger charge is -2.03. The number of hydrogen-bond acceptors (Lipinski definition) is 1. The van der Waals surface area contributed by atoms with Crippen molar-refractivity contribution < 1.29 is 0 Å². The summed E-state index contributed by atoms with van der Waals surface area (Å²) in [5, 5.41) is 0. The van der Waals surface area contributed by atoms with E-state index in [2.05, 4.69) is 30.2 Å². The zero-order chi connectivity index (χ0) is 10.6. The first-order valence-electron chi connectivity index (χ1n) is 4.37. The summed E-state index contributed by atoms with van der Waals surface area (Å²) in [7, 11) is 0. The molecular weight excluding hydrogens is 212 g/mol. The normalized spacial score (nSPS) is 10.6. The van der Waals surface area contributed by atoms with Crippen LogP contribution in [0.4, 0.5) is 0 Å². The molecule has 0 atom stereocenters. The highest BCUT2D eigenvalue weighted by molar-refractivity contribution is 7.98. The first-order valence-corrected chi connectivity index (χ1v) is 5.98. The van der Waals surface area contributed by atoms with Crippen LogP contribution in [0.5, 0.6) is 0 Å². The van der Waals surface area contributed by atoms with Crippen molar-refractivity contribution >= 4 is 23.4 Å². The monoisotopic (exact) mass is 224 g/mol. The van der Waals surface area contributed by atoms with Crippen molar-refractivity contribution in [1.29, 1.82) is 0 Å². The number of hydrogen-bond donors (Lipinski definition) is 0. The molecule has 1 aromatic carbocycles. The van der Waals surface area contributed by atoms with Crippen molar-refractivity contribution in [2.24, 2.45) is 0 Å². The third-order valence-corrected chi connectivity index (χ3v) is 2.43. The predicted octanol–water partition coefficient (Wildman–Crippen LogP) is 3.78. The minimum Gasteiger partial charge on any atom is -0.130 e. The number of alkyl halides is 1. The summed E-state index contributed by atoms with van der Waals surface area (Å²) >= 11 is 7.69. The Bertz CT molecular complexity index is 349. The number of halogens is 1. The molecule has 1 rings (SSSR count). The fourth-order valence-electron chi connectivity index (χ4n) is 0.895. The zero-order valence-corrected chi connectivity index (χ0v) is 10.2. The van der Waals surface area contributed by atoms with Gasteiger partial charge in [-0.05, 0) is 44.4 Å². The van der Waals surface area contributed by atoms with Crippen LogP contribution < -0.4 is 0 Å². The van der Waals surface area contributed by atoms with Crippen LogP contribution in [0.15, 0.2) is 29.2 Å². The molecule has 0 radical (unpaired) electrons. The van der Waals surface area contributed by atoms with Crippen LogP contribution in [-0.2, 0) is 0 Å². The Kier molecular flexibility index (Phi) is 3.92. The summed E-state index contributed by atoms with van der Waals surface area (Å²) in [6.45, 7) is 3.77. The SMILES string of the molecule is CSc1ccc(C#CC(C)(C)Cl)cc1. The van der Waals surface area contributed by atoms with Gasteiger partial charge in [-0.1, -0.05) is 11.8 Å². The Morgan fingerprint density at radius 3 is 2.21 bits per heavy atom. The van der Waals surface area contributed by atoms with Crippen LogP contribution in [0.2, 0.25) is 0 Å². The van der Waals surface area contributed by atoms with Gasteiger partial charge in [0.2, 0.25) is 0 Å². The highest BCUT2D eigenvalue weighted by Crippen LogP contribution is 2.15. The molecule has 0 aliphatic heterocycles. The smallest absolute Gasteiger partial charge is 0.0997 e. The van der Waals surface area contributed by atoms with Gasteiger partial charge < -0.3 is 0 Å². The van der Waals surface area contributed by atoms with E-state index in [-0.39, 0.29) is 0 Å². The fourth-order valence-corrected chi connectivity index (χ4v) is 1.35. The molecule has 14 heavy (non-hydrogen) atoms. The molecule has 0 bridgehead atoms. The minimum atomic E-state index is -0.446. The van der Waals surface area contributed by atoms with Crippen molar-refractivity contribution in [3.8, 4) is 11.8 Å². The van der Waals surface area contributed by atoms with E-state index in [9.17, 15) is 0 Å². The van der Waals surface area contributed by atoms with Crippen LogP contribution in [0.1, 0.15) is 19.4 Å². The van der Waals surface area contributed by atoms with Gasteiger partial charge in [0.05, 0.1) is 4.87 Å². The average molecular weight is 225 g/mol. The minimum absolute atomic E-state index is 0.446. The van der Waals surface area contributed by atoms with E-state index in [1.807, 2.05) is 26.0 Å². The maximum Gasteiger partial charge on any atom is 0.0997 e. The predicted molar refractivity (Wildman–Crippen MR) is 65.0 cm³/mol. The van der Waals surface area contributed by atoms with Gasteiger partial charge in [0, 0.05) is 10.5 Å². The Morgan fingerprint density at radius 1 is 1.21 bits per heavy atom. The molecule has 2 heteroatoms. The van der Waals surface area contributed by atoms with Crippen LogP contribution in [-0.4, -0.2) is 11.1 Å². The maximum atomic E-state index is 5.96. The van der Waals surface area contributed by atoms with Crippen molar-refractivity contribution in [1.82, 2.24) is 0 Å². The molecule has 74 valence electrons. The van der Waals surface area contributed by atoms with Crippen LogP contribution in [0, 0.1) is 11.8 Å². The zero-order valence-electron chi connectivity index (χ0n) is 8.60. The molecule has 0 amide bonds. The largest absolute Gasteiger partial charge is 0.130 e. The van der Waals surface area contributed by atoms with Crippen molar-refractivity contribution in [2.75, 3.05) is 6.26 Å². The second-order valence-corrected chi connectivity index (χ2v) is 5.28. The quantitative estimate of drug-likeness (QED) is 0.398. The second-order valence-electron chi connectivity index (χ2n) is 3.45. The van der Waals surface area contributed by atoms with E-state index >= 15 is 0 Å². The van der Waals surface area contributed by atoms with Gasteiger partial charge in [0.1, 0.15) is 0 Å². The van der Waals surface area contributed by atoms with Gasteiger partial charge in [0.15, 0.2) is 0 Å². The Morgan fingerprint density at radius 2 is 1.79 bits per heavy atom. The van der Waals surface area contributed by atoms with E-state index in [0.29, 0.717) is 0 Å². The molecule has 0 heterocycles. The summed E-state index contributed by atoms with van der Waals surface area (Å²) in [4.78, 5) is 0.804. The molecule has 0 aliphatic carbocycles. The first kappa shape index (κ1) is 11.5. The second kappa shape index (κ2) is 4.77. The van der Waals surface area contributed by atoms with Crippen molar-refractivity contribution in [2.45, 2.75) is 23.6 Å². The molecule has 0 spiro atoms. The summed E-state index contributed by atoms with van der Waals surface area (Å²) in [5.41, 5.74) is 1.01. The van der Waals surface area contributed by atoms with E-state index in [0.717, 1.165) is 5.56 Å². The summed E-state index contributed by atoms with van der Waals surface area (Å²) in [5.74, 6) is 6.03. The molecule has 0 aliphatic rings. The fraction of sp³-hybridized carbons (Fsp3) is 0.333. The summed E-state index contributed by atoms with van der Waals surface area (Å²) in [6.07, 6.45) is 2.06. The third kappa shape index (κ3) is 4.09. The molecule has 0 aromatic heterocycles. The highest BCUT2D eigenvalue weighted by atomic mass is 35.5. The van der Waals surface area contributed by atoms with Crippen LogP contribution >= 0.6 is 23.4 Å². The van der Waals surface area contributed by atoms with Gasteiger partial charge in [-0.2, -0.15) is 0 Å². The average Bonchev–Trinajstić information content (AvgIpc) is 2.14. The molecule has 0 unspecified atom stereocenters. The molecule has 0 nitrogen and oxygen atoms in total. The summed E-state index contributed by atoms with van der Waals surface area (Å²) < 4.78 is 0. The lowest BCUT2D eigenvalue weighted by Crippen LogP contribution is -2.04. The number of benzene rings is 1. The Hall–Kier alpha value is -0.580. The molecule has 0 N–H and O–H groups in total. The van der Waals surface area contributed by atoms with Gasteiger partial charge in [-0.25, -0.2) is 0 Å². The third-order valence-electron chi connectivity index (χ3n) is 1.59. The van der Waals surface area contributed by atoms with Gasteiger partial charge in [-0.15, -0.1) is 23.4 Å². The van der Waals surface area contributed by atoms with Crippen LogP contribution in [0.3, 0.4) is 0 Å². The molecule has 0 saturated carbocycles. The highest BCUT2D eigenvalue weighted by Gasteiger charge is 2.06. The van der Waals surface area contributed by atoms with Crippen LogP contribution in [0.25, 0.3) is 0 Å². The van der Waals surface area contributed by atoms with E-state index in [1.165, 1.54) is 4.90 Å². The van der Waals surface area contributed by atoms with E-state index < -0.39 is 4.87 Å². The molecule has 0 saturated heterocycles. The van der Waals surface area contributed by atoms with Gasteiger partial charge >= 0.3 is 0 Å². The lowest BCUT2D eigenvalue weighted by molar-refractivity contribution is 0.917. The number of rotatable bonds is 1. The molecule has 0 fully saturated rings. The van der Waals surface area contributed by atoms with E-state index in [4.69, 9.17) is 11.6 Å². The van der Waals surface area contributed by atoms with Crippen molar-refractivity contribution in [3.63, 3.8) is 0 Å². The van der Waals surface area contributed by atoms with Crippen molar-refractivity contribution in [3.05, 3.63) is 29.8 Å². The Balaban J connectivity index is 2.82. The molecule has 1 aromatic rings. The van der Waals surface area contributed by atoms with E-state index in [1.54, 1.807) is 11.8 Å². The lowest BCUT2D eigenvalue weighted by atomic mass is 10.1. The van der Waals surface area contributed by atoms with Gasteiger partial charge in [0.25, 0.3) is 0 Å². The molecular formula is C12H13ClS. The Labute approximate surface area is 95.0 Å². The maximum absolute atomic E-state index is 5.96. The summed E-state index contributed by atoms with van der Waals surface area (Å²) in [6, 6.07) is 8.16. The van der Waals surface area contributed by atoms with Gasteiger partial charge in [-0.3, -0.25) is 0 Å². The number of thioether (sulfide) groups is 1.